The molecule has 0 fully saturated rings. The third-order valence-corrected chi connectivity index (χ3v) is 6.54. The Morgan fingerprint density at radius 2 is 1.77 bits per heavy atom. The molecule has 1 aliphatic carbocycles. The molecule has 1 atom stereocenters. The van der Waals surface area contributed by atoms with Crippen molar-refractivity contribution in [1.29, 1.82) is 0 Å². The number of alkyl halides is 3. The summed E-state index contributed by atoms with van der Waals surface area (Å²) < 4.78 is 64.2. The molecule has 31 heavy (non-hydrogen) atoms. The number of hydrogen-bond donors (Lipinski definition) is 1. The highest BCUT2D eigenvalue weighted by Gasteiger charge is 2.32. The molecule has 0 saturated carbocycles. The monoisotopic (exact) mass is 454 g/mol. The molecular formula is C22H25F3N2O3S. The second kappa shape index (κ2) is 8.90. The zero-order chi connectivity index (χ0) is 22.8. The molecular weight excluding hydrogens is 429 g/mol. The number of halogens is 3. The fourth-order valence-electron chi connectivity index (χ4n) is 3.76. The molecule has 0 radical (unpaired) electrons. The molecule has 0 unspecified atom stereocenters. The first-order chi connectivity index (χ1) is 14.4. The first kappa shape index (κ1) is 23.1. The number of rotatable bonds is 6. The summed E-state index contributed by atoms with van der Waals surface area (Å²) in [4.78, 5) is 12.6. The van der Waals surface area contributed by atoms with E-state index in [1.807, 2.05) is 6.07 Å². The van der Waals surface area contributed by atoms with Crippen molar-refractivity contribution >= 4 is 21.6 Å². The van der Waals surface area contributed by atoms with Crippen LogP contribution >= 0.6 is 0 Å². The fourth-order valence-corrected chi connectivity index (χ4v) is 4.61. The van der Waals surface area contributed by atoms with Crippen LogP contribution in [0.3, 0.4) is 0 Å². The average Bonchev–Trinajstić information content (AvgIpc) is 2.70. The average molecular weight is 455 g/mol. The molecule has 0 heterocycles. The number of anilines is 1. The van der Waals surface area contributed by atoms with Crippen molar-refractivity contribution < 1.29 is 26.4 Å². The lowest BCUT2D eigenvalue weighted by molar-refractivity contribution is -0.137. The Morgan fingerprint density at radius 3 is 2.42 bits per heavy atom. The lowest BCUT2D eigenvalue weighted by Crippen LogP contribution is -2.41. The number of benzene rings is 2. The fraction of sp³-hybridized carbons (Fsp3) is 0.409. The summed E-state index contributed by atoms with van der Waals surface area (Å²) in [6.07, 6.45) is 0.542. The van der Waals surface area contributed by atoms with E-state index in [0.717, 1.165) is 55.7 Å². The topological polar surface area (TPSA) is 66.5 Å². The van der Waals surface area contributed by atoms with Crippen LogP contribution in [0.4, 0.5) is 18.9 Å². The van der Waals surface area contributed by atoms with Gasteiger partial charge in [-0.1, -0.05) is 24.3 Å². The Kier molecular flexibility index (Phi) is 6.64. The normalized spacial score (nSPS) is 15.1. The zero-order valence-corrected chi connectivity index (χ0v) is 18.2. The number of sulfonamides is 1. The summed E-state index contributed by atoms with van der Waals surface area (Å²) in [5.41, 5.74) is 2.27. The molecule has 2 aromatic carbocycles. The number of fused-ring (bicyclic) bond motifs is 1. The maximum atomic E-state index is 13.0. The van der Waals surface area contributed by atoms with E-state index in [2.05, 4.69) is 17.4 Å². The molecule has 0 aliphatic heterocycles. The number of carbonyl (C=O) groups is 1. The maximum absolute atomic E-state index is 13.0. The van der Waals surface area contributed by atoms with Gasteiger partial charge in [0.25, 0.3) is 0 Å². The largest absolute Gasteiger partial charge is 0.416 e. The van der Waals surface area contributed by atoms with E-state index in [4.69, 9.17) is 0 Å². The van der Waals surface area contributed by atoms with E-state index < -0.39 is 34.2 Å². The van der Waals surface area contributed by atoms with E-state index in [1.54, 1.807) is 6.92 Å². The summed E-state index contributed by atoms with van der Waals surface area (Å²) in [5.74, 6) is -0.604. The van der Waals surface area contributed by atoms with Gasteiger partial charge in [0.2, 0.25) is 15.9 Å². The summed E-state index contributed by atoms with van der Waals surface area (Å²) in [6, 6.07) is 9.60. The maximum Gasteiger partial charge on any atom is 0.416 e. The van der Waals surface area contributed by atoms with Gasteiger partial charge in [-0.3, -0.25) is 9.10 Å². The third-order valence-electron chi connectivity index (χ3n) is 5.40. The van der Waals surface area contributed by atoms with Crippen LogP contribution in [0.5, 0.6) is 0 Å². The van der Waals surface area contributed by atoms with Crippen molar-refractivity contribution in [2.24, 2.45) is 0 Å². The third kappa shape index (κ3) is 5.78. The quantitative estimate of drug-likeness (QED) is 0.711. The van der Waals surface area contributed by atoms with Gasteiger partial charge in [0.15, 0.2) is 0 Å². The molecule has 0 aromatic heterocycles. The summed E-state index contributed by atoms with van der Waals surface area (Å²) >= 11 is 0. The molecule has 2 aromatic rings. The SMILES string of the molecule is C[C@@H](NC(=O)CN(c1cccc(C(F)(F)F)c1)S(C)(=O)=O)c1ccc2c(c1)CCCC2. The van der Waals surface area contributed by atoms with Crippen molar-refractivity contribution in [3.05, 3.63) is 64.7 Å². The van der Waals surface area contributed by atoms with E-state index in [1.165, 1.54) is 17.2 Å². The standard InChI is InChI=1S/C22H25F3N2O3S/c1-15(17-11-10-16-6-3-4-7-18(16)12-17)26-21(28)14-27(31(2,29)30)20-9-5-8-19(13-20)22(23,24)25/h5,8-13,15H,3-4,6-7,14H2,1-2H3,(H,26,28)/t15-/m1/s1. The van der Waals surface area contributed by atoms with E-state index in [9.17, 15) is 26.4 Å². The minimum atomic E-state index is -4.62. The van der Waals surface area contributed by atoms with Crippen molar-refractivity contribution in [3.8, 4) is 0 Å². The second-order valence-corrected chi connectivity index (χ2v) is 9.75. The minimum absolute atomic E-state index is 0.214. The second-order valence-electron chi connectivity index (χ2n) is 7.84. The molecule has 9 heteroatoms. The van der Waals surface area contributed by atoms with Gasteiger partial charge >= 0.3 is 6.18 Å². The van der Waals surface area contributed by atoms with Gasteiger partial charge in [0.1, 0.15) is 6.54 Å². The Morgan fingerprint density at radius 1 is 1.10 bits per heavy atom. The van der Waals surface area contributed by atoms with Crippen LogP contribution in [0, 0.1) is 0 Å². The lowest BCUT2D eigenvalue weighted by Gasteiger charge is -2.24. The van der Waals surface area contributed by atoms with E-state index in [-0.39, 0.29) is 11.7 Å². The molecule has 5 nitrogen and oxygen atoms in total. The van der Waals surface area contributed by atoms with Crippen LogP contribution in [0.15, 0.2) is 42.5 Å². The van der Waals surface area contributed by atoms with Gasteiger partial charge in [-0.25, -0.2) is 8.42 Å². The van der Waals surface area contributed by atoms with Gasteiger partial charge in [0.05, 0.1) is 23.5 Å². The zero-order valence-electron chi connectivity index (χ0n) is 17.4. The highest BCUT2D eigenvalue weighted by atomic mass is 32.2. The van der Waals surface area contributed by atoms with Crippen LogP contribution in [0.25, 0.3) is 0 Å². The Hall–Kier alpha value is -2.55. The molecule has 1 amide bonds. The molecule has 0 spiro atoms. The van der Waals surface area contributed by atoms with Crippen molar-refractivity contribution in [2.45, 2.75) is 44.8 Å². The predicted octanol–water partition coefficient (Wildman–Crippen LogP) is 4.23. The number of carbonyl (C=O) groups excluding carboxylic acids is 1. The number of hydrogen-bond acceptors (Lipinski definition) is 3. The van der Waals surface area contributed by atoms with Crippen LogP contribution in [0.1, 0.15) is 48.1 Å². The smallest absolute Gasteiger partial charge is 0.348 e. The van der Waals surface area contributed by atoms with Gasteiger partial charge in [-0.2, -0.15) is 13.2 Å². The number of nitrogens with zero attached hydrogens (tertiary/aromatic N) is 1. The van der Waals surface area contributed by atoms with Crippen molar-refractivity contribution in [1.82, 2.24) is 5.32 Å². The Balaban J connectivity index is 1.76. The van der Waals surface area contributed by atoms with Crippen LogP contribution in [-0.2, 0) is 33.8 Å². The highest BCUT2D eigenvalue weighted by Crippen LogP contribution is 2.32. The molecule has 1 aliphatic rings. The Bertz CT molecular complexity index is 1070. The summed E-state index contributed by atoms with van der Waals surface area (Å²) in [6.45, 7) is 1.17. The van der Waals surface area contributed by atoms with Crippen LogP contribution < -0.4 is 9.62 Å². The highest BCUT2D eigenvalue weighted by molar-refractivity contribution is 7.92. The van der Waals surface area contributed by atoms with Gasteiger partial charge in [-0.05, 0) is 67.5 Å². The van der Waals surface area contributed by atoms with Crippen molar-refractivity contribution in [2.75, 3.05) is 17.1 Å². The molecule has 3 rings (SSSR count). The number of amides is 1. The predicted molar refractivity (Wildman–Crippen MR) is 113 cm³/mol. The molecule has 168 valence electrons. The summed E-state index contributed by atoms with van der Waals surface area (Å²) in [7, 11) is -3.98. The van der Waals surface area contributed by atoms with Crippen LogP contribution in [-0.4, -0.2) is 27.1 Å². The number of nitrogens with one attached hydrogen (secondary N) is 1. The molecule has 0 bridgehead atoms. The van der Waals surface area contributed by atoms with Crippen molar-refractivity contribution in [3.63, 3.8) is 0 Å². The van der Waals surface area contributed by atoms with Gasteiger partial charge in [0, 0.05) is 0 Å². The van der Waals surface area contributed by atoms with E-state index >= 15 is 0 Å². The Labute approximate surface area is 180 Å². The summed E-state index contributed by atoms with van der Waals surface area (Å²) in [5, 5.41) is 2.75. The first-order valence-electron chi connectivity index (χ1n) is 10.0. The van der Waals surface area contributed by atoms with E-state index in [0.29, 0.717) is 4.31 Å². The lowest BCUT2D eigenvalue weighted by atomic mass is 9.89. The van der Waals surface area contributed by atoms with Crippen LogP contribution in [0.2, 0.25) is 0 Å². The minimum Gasteiger partial charge on any atom is -0.348 e. The van der Waals surface area contributed by atoms with Gasteiger partial charge < -0.3 is 5.32 Å². The molecule has 0 saturated heterocycles. The first-order valence-corrected chi connectivity index (χ1v) is 11.9. The van der Waals surface area contributed by atoms with Gasteiger partial charge in [-0.15, -0.1) is 0 Å². The molecule has 1 N–H and O–H groups in total. The number of aryl methyl sites for hydroxylation is 2.